The summed E-state index contributed by atoms with van der Waals surface area (Å²) in [5.74, 6) is -1.18. The van der Waals surface area contributed by atoms with Crippen LogP contribution in [0, 0.1) is 27.7 Å². The van der Waals surface area contributed by atoms with Gasteiger partial charge in [-0.15, -0.1) is 22.7 Å². The maximum Gasteiger partial charge on any atom is 0.315 e. The van der Waals surface area contributed by atoms with Crippen LogP contribution in [0.15, 0.2) is 0 Å². The van der Waals surface area contributed by atoms with Crippen LogP contribution < -0.4 is 0 Å². The molecule has 1 aliphatic rings. The molecule has 0 spiro atoms. The van der Waals surface area contributed by atoms with Crippen molar-refractivity contribution in [3.8, 4) is 11.1 Å². The summed E-state index contributed by atoms with van der Waals surface area (Å²) in [4.78, 5) is 16.4. The first-order chi connectivity index (χ1) is 8.43. The lowest BCUT2D eigenvalue weighted by Gasteiger charge is -2.08. The Morgan fingerprint density at radius 1 is 0.889 bits per heavy atom. The number of hydrogen-bond donors (Lipinski definition) is 1. The molecule has 18 heavy (non-hydrogen) atoms. The third-order valence-electron chi connectivity index (χ3n) is 3.69. The first-order valence-corrected chi connectivity index (χ1v) is 7.49. The highest BCUT2D eigenvalue weighted by Crippen LogP contribution is 2.55. The highest BCUT2D eigenvalue weighted by molar-refractivity contribution is 7.13. The third kappa shape index (κ3) is 1.30. The molecule has 0 amide bonds. The predicted octanol–water partition coefficient (Wildman–Crippen LogP) is 4.24. The molecule has 94 valence electrons. The maximum atomic E-state index is 11.7. The average molecular weight is 278 g/mol. The first kappa shape index (κ1) is 11.9. The van der Waals surface area contributed by atoms with E-state index in [1.54, 1.807) is 22.7 Å². The SMILES string of the molecule is Cc1sc(C)c2c1-c1c(C)sc(C)c1C2C(=O)O. The Labute approximate surface area is 114 Å². The fraction of sp³-hybridized carbons (Fsp3) is 0.357. The second kappa shape index (κ2) is 3.68. The normalized spacial score (nSPS) is 13.8. The molecular formula is C14H14O2S2. The Morgan fingerprint density at radius 2 is 1.28 bits per heavy atom. The molecule has 2 aromatic rings. The van der Waals surface area contributed by atoms with Gasteiger partial charge in [0.25, 0.3) is 0 Å². The molecule has 3 rings (SSSR count). The smallest absolute Gasteiger partial charge is 0.315 e. The molecule has 4 heteroatoms. The first-order valence-electron chi connectivity index (χ1n) is 5.86. The van der Waals surface area contributed by atoms with Gasteiger partial charge in [0, 0.05) is 30.6 Å². The van der Waals surface area contributed by atoms with E-state index < -0.39 is 11.9 Å². The number of hydrogen-bond acceptors (Lipinski definition) is 3. The van der Waals surface area contributed by atoms with E-state index in [0.29, 0.717) is 0 Å². The minimum Gasteiger partial charge on any atom is -0.481 e. The van der Waals surface area contributed by atoms with Crippen molar-refractivity contribution in [3.05, 3.63) is 30.6 Å². The largest absolute Gasteiger partial charge is 0.481 e. The molecule has 0 aliphatic heterocycles. The molecule has 0 unspecified atom stereocenters. The van der Waals surface area contributed by atoms with Crippen molar-refractivity contribution in [1.82, 2.24) is 0 Å². The van der Waals surface area contributed by atoms with E-state index in [1.165, 1.54) is 20.9 Å². The standard InChI is InChI=1S/C14H14O2S2/c1-5-9-10-6(2)18-8(4)12(10)13(14(15)16)11(9)7(3)17-5/h13H,1-4H3,(H,15,16). The summed E-state index contributed by atoms with van der Waals surface area (Å²) in [6.45, 7) is 8.26. The van der Waals surface area contributed by atoms with E-state index in [2.05, 4.69) is 13.8 Å². The van der Waals surface area contributed by atoms with E-state index in [0.717, 1.165) is 20.9 Å². The van der Waals surface area contributed by atoms with Gasteiger partial charge in [0.2, 0.25) is 0 Å². The summed E-state index contributed by atoms with van der Waals surface area (Å²) in [5, 5.41) is 9.58. The number of aryl methyl sites for hydroxylation is 4. The van der Waals surface area contributed by atoms with Crippen LogP contribution in [0.3, 0.4) is 0 Å². The quantitative estimate of drug-likeness (QED) is 0.847. The van der Waals surface area contributed by atoms with Gasteiger partial charge in [-0.05, 0) is 38.8 Å². The lowest BCUT2D eigenvalue weighted by atomic mass is 9.97. The van der Waals surface area contributed by atoms with Crippen molar-refractivity contribution in [3.63, 3.8) is 0 Å². The van der Waals surface area contributed by atoms with Crippen molar-refractivity contribution in [2.75, 3.05) is 0 Å². The van der Waals surface area contributed by atoms with Crippen molar-refractivity contribution in [2.45, 2.75) is 33.6 Å². The van der Waals surface area contributed by atoms with Crippen LogP contribution in [0.5, 0.6) is 0 Å². The number of carboxylic acids is 1. The van der Waals surface area contributed by atoms with Gasteiger partial charge in [-0.2, -0.15) is 0 Å². The van der Waals surface area contributed by atoms with Gasteiger partial charge < -0.3 is 5.11 Å². The van der Waals surface area contributed by atoms with E-state index >= 15 is 0 Å². The number of carboxylic acid groups (broad SMARTS) is 1. The molecule has 0 saturated heterocycles. The zero-order valence-corrected chi connectivity index (χ0v) is 12.4. The third-order valence-corrected chi connectivity index (χ3v) is 5.76. The monoisotopic (exact) mass is 278 g/mol. The van der Waals surface area contributed by atoms with E-state index in [4.69, 9.17) is 0 Å². The van der Waals surface area contributed by atoms with Crippen LogP contribution in [0.1, 0.15) is 36.6 Å². The van der Waals surface area contributed by atoms with Gasteiger partial charge >= 0.3 is 5.97 Å². The molecule has 0 aromatic carbocycles. The fourth-order valence-corrected chi connectivity index (χ4v) is 5.32. The molecule has 0 atom stereocenters. The summed E-state index contributed by atoms with van der Waals surface area (Å²) in [7, 11) is 0. The van der Waals surface area contributed by atoms with E-state index in [1.807, 2.05) is 13.8 Å². The zero-order chi connectivity index (χ0) is 13.2. The molecule has 1 aliphatic carbocycles. The van der Waals surface area contributed by atoms with Gasteiger partial charge in [0.05, 0.1) is 0 Å². The van der Waals surface area contributed by atoms with Crippen LogP contribution >= 0.6 is 22.7 Å². The molecule has 0 bridgehead atoms. The average Bonchev–Trinajstić information content (AvgIpc) is 2.83. The summed E-state index contributed by atoms with van der Waals surface area (Å²) in [6, 6.07) is 0. The van der Waals surface area contributed by atoms with Gasteiger partial charge in [0.15, 0.2) is 0 Å². The Morgan fingerprint density at radius 3 is 1.61 bits per heavy atom. The van der Waals surface area contributed by atoms with Gasteiger partial charge in [-0.1, -0.05) is 0 Å². The Kier molecular flexibility index (Phi) is 2.44. The highest BCUT2D eigenvalue weighted by Gasteiger charge is 2.40. The topological polar surface area (TPSA) is 37.3 Å². The van der Waals surface area contributed by atoms with Crippen LogP contribution in [-0.2, 0) is 4.79 Å². The van der Waals surface area contributed by atoms with Gasteiger partial charge in [-0.25, -0.2) is 0 Å². The van der Waals surface area contributed by atoms with Crippen molar-refractivity contribution < 1.29 is 9.90 Å². The van der Waals surface area contributed by atoms with Crippen molar-refractivity contribution in [1.29, 1.82) is 0 Å². The Hall–Kier alpha value is -1.13. The van der Waals surface area contributed by atoms with Crippen LogP contribution in [0.2, 0.25) is 0 Å². The summed E-state index contributed by atoms with van der Waals surface area (Å²) < 4.78 is 0. The number of carbonyl (C=O) groups is 1. The minimum atomic E-state index is -0.725. The summed E-state index contributed by atoms with van der Waals surface area (Å²) >= 11 is 3.43. The minimum absolute atomic E-state index is 0.454. The molecule has 0 radical (unpaired) electrons. The molecule has 1 N–H and O–H groups in total. The van der Waals surface area contributed by atoms with Crippen molar-refractivity contribution >= 4 is 28.6 Å². The highest BCUT2D eigenvalue weighted by atomic mass is 32.1. The van der Waals surface area contributed by atoms with Gasteiger partial charge in [0.1, 0.15) is 5.92 Å². The predicted molar refractivity (Wildman–Crippen MR) is 76.1 cm³/mol. The summed E-state index contributed by atoms with van der Waals surface area (Å²) in [5.41, 5.74) is 4.46. The summed E-state index contributed by atoms with van der Waals surface area (Å²) in [6.07, 6.45) is 0. The zero-order valence-electron chi connectivity index (χ0n) is 10.7. The van der Waals surface area contributed by atoms with Crippen LogP contribution in [-0.4, -0.2) is 11.1 Å². The molecular weight excluding hydrogens is 264 g/mol. The molecule has 2 heterocycles. The second-order valence-electron chi connectivity index (χ2n) is 4.78. The lowest BCUT2D eigenvalue weighted by Crippen LogP contribution is -2.10. The molecule has 0 fully saturated rings. The number of rotatable bonds is 1. The molecule has 2 nitrogen and oxygen atoms in total. The van der Waals surface area contributed by atoms with E-state index in [-0.39, 0.29) is 0 Å². The Bertz CT molecular complexity index is 624. The van der Waals surface area contributed by atoms with Gasteiger partial charge in [-0.3, -0.25) is 4.79 Å². The number of aliphatic carboxylic acids is 1. The van der Waals surface area contributed by atoms with Crippen molar-refractivity contribution in [2.24, 2.45) is 0 Å². The number of fused-ring (bicyclic) bond motifs is 3. The fourth-order valence-electron chi connectivity index (χ4n) is 3.11. The molecule has 2 aromatic heterocycles. The molecule has 0 saturated carbocycles. The Balaban J connectivity index is 2.44. The van der Waals surface area contributed by atoms with Crippen LogP contribution in [0.25, 0.3) is 11.1 Å². The second-order valence-corrected chi connectivity index (χ2v) is 7.64. The lowest BCUT2D eigenvalue weighted by molar-refractivity contribution is -0.137. The van der Waals surface area contributed by atoms with E-state index in [9.17, 15) is 9.90 Å². The maximum absolute atomic E-state index is 11.7. The number of thiophene rings is 2. The van der Waals surface area contributed by atoms with Crippen LogP contribution in [0.4, 0.5) is 0 Å².